The Morgan fingerprint density at radius 3 is 2.52 bits per heavy atom. The van der Waals surface area contributed by atoms with Crippen LogP contribution >= 0.6 is 11.6 Å². The predicted octanol–water partition coefficient (Wildman–Crippen LogP) is 2.70. The zero-order chi connectivity index (χ0) is 22.4. The van der Waals surface area contributed by atoms with Crippen molar-refractivity contribution in [2.24, 2.45) is 0 Å². The molecule has 0 spiro atoms. The van der Waals surface area contributed by atoms with Crippen LogP contribution < -0.4 is 0 Å². The van der Waals surface area contributed by atoms with E-state index < -0.39 is 16.0 Å². The van der Waals surface area contributed by atoms with Crippen LogP contribution in [0.4, 0.5) is 0 Å². The van der Waals surface area contributed by atoms with E-state index in [2.05, 4.69) is 0 Å². The van der Waals surface area contributed by atoms with Gasteiger partial charge in [0.2, 0.25) is 10.0 Å². The summed E-state index contributed by atoms with van der Waals surface area (Å²) in [4.78, 5) is 26.8. The Bertz CT molecular complexity index is 895. The van der Waals surface area contributed by atoms with Crippen molar-refractivity contribution in [1.29, 1.82) is 0 Å². The van der Waals surface area contributed by atoms with Crippen molar-refractivity contribution in [3.63, 3.8) is 0 Å². The topological polar surface area (TPSA) is 93.2 Å². The van der Waals surface area contributed by atoms with Crippen molar-refractivity contribution in [2.45, 2.75) is 50.0 Å². The van der Waals surface area contributed by atoms with Crippen LogP contribution in [-0.4, -0.2) is 75.0 Å². The summed E-state index contributed by atoms with van der Waals surface area (Å²) in [6.45, 7) is 3.13. The number of morpholine rings is 1. The molecule has 1 aromatic carbocycles. The number of rotatable bonds is 7. The Hall–Kier alpha value is -1.68. The van der Waals surface area contributed by atoms with Gasteiger partial charge >= 0.3 is 5.97 Å². The van der Waals surface area contributed by atoms with Gasteiger partial charge in [0.05, 0.1) is 23.8 Å². The highest BCUT2D eigenvalue weighted by atomic mass is 35.5. The molecule has 0 aromatic heterocycles. The largest absolute Gasteiger partial charge is 0.452 e. The molecule has 1 aromatic rings. The molecule has 0 atom stereocenters. The molecule has 1 saturated carbocycles. The third kappa shape index (κ3) is 5.77. The summed E-state index contributed by atoms with van der Waals surface area (Å²) < 4.78 is 37.5. The molecule has 31 heavy (non-hydrogen) atoms. The second kappa shape index (κ2) is 10.8. The van der Waals surface area contributed by atoms with Crippen LogP contribution in [0.2, 0.25) is 5.02 Å². The number of likely N-dealkylation sites (N-methyl/N-ethyl adjacent to an activating group) is 1. The van der Waals surface area contributed by atoms with Gasteiger partial charge < -0.3 is 14.4 Å². The van der Waals surface area contributed by atoms with Crippen molar-refractivity contribution in [3.8, 4) is 0 Å². The highest BCUT2D eigenvalue weighted by Gasteiger charge is 2.30. The van der Waals surface area contributed by atoms with Crippen molar-refractivity contribution >= 4 is 33.5 Å². The lowest BCUT2D eigenvalue weighted by Crippen LogP contribution is -2.43. The van der Waals surface area contributed by atoms with E-state index in [9.17, 15) is 18.0 Å². The summed E-state index contributed by atoms with van der Waals surface area (Å²) in [5.74, 6) is -0.999. The van der Waals surface area contributed by atoms with E-state index in [0.717, 1.165) is 25.7 Å². The quantitative estimate of drug-likeness (QED) is 0.566. The molecule has 1 aliphatic heterocycles. The molecule has 1 heterocycles. The number of nitrogens with zero attached hydrogens (tertiary/aromatic N) is 2. The Balaban J connectivity index is 1.67. The average molecular weight is 473 g/mol. The minimum absolute atomic E-state index is 0.0218. The predicted molar refractivity (Wildman–Crippen MR) is 116 cm³/mol. The number of carbonyl (C=O) groups is 2. The summed E-state index contributed by atoms with van der Waals surface area (Å²) in [5, 5.41) is 0.0218. The van der Waals surface area contributed by atoms with Gasteiger partial charge in [-0.25, -0.2) is 13.2 Å². The Morgan fingerprint density at radius 2 is 1.87 bits per heavy atom. The standard InChI is InChI=1S/C21H29ClN2O6S/c1-2-24(17-6-4-3-5-7-17)20(25)15-30-21(26)16-8-9-18(22)19(14-16)31(27,28)23-10-12-29-13-11-23/h8-9,14,17H,2-7,10-13,15H2,1H3. The smallest absolute Gasteiger partial charge is 0.338 e. The number of esters is 1. The number of benzene rings is 1. The fourth-order valence-corrected chi connectivity index (χ4v) is 5.99. The van der Waals surface area contributed by atoms with Crippen LogP contribution in [0.5, 0.6) is 0 Å². The molecule has 1 aliphatic carbocycles. The molecular formula is C21H29ClN2O6S. The summed E-state index contributed by atoms with van der Waals surface area (Å²) in [6.07, 6.45) is 5.31. The highest BCUT2D eigenvalue weighted by molar-refractivity contribution is 7.89. The van der Waals surface area contributed by atoms with Gasteiger partial charge in [-0.05, 0) is 38.0 Å². The van der Waals surface area contributed by atoms with Crippen LogP contribution in [0, 0.1) is 0 Å². The third-order valence-corrected chi connectivity index (χ3v) is 8.14. The van der Waals surface area contributed by atoms with Crippen LogP contribution in [0.1, 0.15) is 49.4 Å². The first-order valence-electron chi connectivity index (χ1n) is 10.7. The molecular weight excluding hydrogens is 444 g/mol. The molecule has 172 valence electrons. The normalized spacial score (nSPS) is 18.5. The number of halogens is 1. The summed E-state index contributed by atoms with van der Waals surface area (Å²) >= 11 is 6.13. The first-order valence-corrected chi connectivity index (χ1v) is 12.5. The number of carbonyl (C=O) groups excluding carboxylic acids is 2. The maximum atomic E-state index is 12.9. The van der Waals surface area contributed by atoms with E-state index >= 15 is 0 Å². The van der Waals surface area contributed by atoms with Gasteiger partial charge in [0.1, 0.15) is 4.90 Å². The number of hydrogen-bond donors (Lipinski definition) is 0. The highest BCUT2D eigenvalue weighted by Crippen LogP contribution is 2.27. The Kier molecular flexibility index (Phi) is 8.32. The fraction of sp³-hybridized carbons (Fsp3) is 0.619. The first kappa shape index (κ1) is 24.0. The number of hydrogen-bond acceptors (Lipinski definition) is 6. The summed E-state index contributed by atoms with van der Waals surface area (Å²) in [5.41, 5.74) is 0.0322. The van der Waals surface area contributed by atoms with Gasteiger partial charge in [-0.15, -0.1) is 0 Å². The second-order valence-electron chi connectivity index (χ2n) is 7.71. The van der Waals surface area contributed by atoms with E-state index in [1.807, 2.05) is 6.92 Å². The van der Waals surface area contributed by atoms with Crippen LogP contribution in [-0.2, 0) is 24.3 Å². The summed E-state index contributed by atoms with van der Waals surface area (Å²) in [6, 6.07) is 4.14. The molecule has 8 nitrogen and oxygen atoms in total. The van der Waals surface area contributed by atoms with E-state index in [0.29, 0.717) is 19.8 Å². The Morgan fingerprint density at radius 1 is 1.19 bits per heavy atom. The van der Waals surface area contributed by atoms with Crippen molar-refractivity contribution in [3.05, 3.63) is 28.8 Å². The Labute approximate surface area is 188 Å². The number of sulfonamides is 1. The zero-order valence-corrected chi connectivity index (χ0v) is 19.3. The second-order valence-corrected chi connectivity index (χ2v) is 10.0. The van der Waals surface area contributed by atoms with Crippen molar-refractivity contribution < 1.29 is 27.5 Å². The molecule has 0 bridgehead atoms. The van der Waals surface area contributed by atoms with Crippen molar-refractivity contribution in [2.75, 3.05) is 39.5 Å². The molecule has 2 aliphatic rings. The van der Waals surface area contributed by atoms with Gasteiger partial charge in [-0.2, -0.15) is 4.31 Å². The molecule has 1 amide bonds. The number of amides is 1. The minimum atomic E-state index is -3.87. The van der Waals surface area contributed by atoms with Gasteiger partial charge in [-0.1, -0.05) is 30.9 Å². The maximum Gasteiger partial charge on any atom is 0.338 e. The lowest BCUT2D eigenvalue weighted by Gasteiger charge is -2.33. The third-order valence-electron chi connectivity index (χ3n) is 5.76. The average Bonchev–Trinajstić information content (AvgIpc) is 2.79. The summed E-state index contributed by atoms with van der Waals surface area (Å²) in [7, 11) is -3.87. The molecule has 0 N–H and O–H groups in total. The lowest BCUT2D eigenvalue weighted by atomic mass is 9.94. The lowest BCUT2D eigenvalue weighted by molar-refractivity contribution is -0.137. The van der Waals surface area contributed by atoms with E-state index in [4.69, 9.17) is 21.1 Å². The fourth-order valence-electron chi connectivity index (χ4n) is 4.08. The van der Waals surface area contributed by atoms with Gasteiger partial charge in [0.25, 0.3) is 5.91 Å². The SMILES string of the molecule is CCN(C(=O)COC(=O)c1ccc(Cl)c(S(=O)(=O)N2CCOCC2)c1)C1CCCCC1. The molecule has 0 radical (unpaired) electrons. The van der Waals surface area contributed by atoms with Crippen LogP contribution in [0.3, 0.4) is 0 Å². The van der Waals surface area contributed by atoms with Gasteiger partial charge in [-0.3, -0.25) is 4.79 Å². The number of ether oxygens (including phenoxy) is 2. The zero-order valence-electron chi connectivity index (χ0n) is 17.7. The maximum absolute atomic E-state index is 12.9. The van der Waals surface area contributed by atoms with Crippen LogP contribution in [0.25, 0.3) is 0 Å². The van der Waals surface area contributed by atoms with Gasteiger partial charge in [0, 0.05) is 25.7 Å². The van der Waals surface area contributed by atoms with Crippen LogP contribution in [0.15, 0.2) is 23.1 Å². The van der Waals surface area contributed by atoms with Gasteiger partial charge in [0.15, 0.2) is 6.61 Å². The first-order chi connectivity index (χ1) is 14.8. The van der Waals surface area contributed by atoms with E-state index in [-0.39, 0.29) is 47.1 Å². The van der Waals surface area contributed by atoms with E-state index in [1.165, 1.54) is 28.9 Å². The molecule has 1 saturated heterocycles. The minimum Gasteiger partial charge on any atom is -0.452 e. The monoisotopic (exact) mass is 472 g/mol. The molecule has 0 unspecified atom stereocenters. The van der Waals surface area contributed by atoms with Crippen molar-refractivity contribution in [1.82, 2.24) is 9.21 Å². The molecule has 2 fully saturated rings. The molecule has 3 rings (SSSR count). The van der Waals surface area contributed by atoms with E-state index in [1.54, 1.807) is 4.90 Å². The molecule has 10 heteroatoms.